The molecule has 162 valence electrons. The van der Waals surface area contributed by atoms with Crippen molar-refractivity contribution in [2.45, 2.75) is 38.1 Å². The first-order valence-corrected chi connectivity index (χ1v) is 11.4. The van der Waals surface area contributed by atoms with Crippen molar-refractivity contribution < 1.29 is 13.9 Å². The van der Waals surface area contributed by atoms with Gasteiger partial charge in [0.15, 0.2) is 11.6 Å². The summed E-state index contributed by atoms with van der Waals surface area (Å²) in [6.07, 6.45) is 3.42. The molecule has 3 aromatic rings. The smallest absolute Gasteiger partial charge is 0.251 e. The number of H-pyrrole nitrogens is 1. The number of hydrogen-bond donors (Lipinski definition) is 1. The van der Waals surface area contributed by atoms with E-state index < -0.39 is 5.82 Å². The first-order chi connectivity index (χ1) is 15.1. The first kappa shape index (κ1) is 21.2. The monoisotopic (exact) mass is 441 g/mol. The van der Waals surface area contributed by atoms with E-state index in [1.807, 2.05) is 21.7 Å². The van der Waals surface area contributed by atoms with Crippen LogP contribution < -0.4 is 10.3 Å². The highest BCUT2D eigenvalue weighted by atomic mass is 32.1. The standard InChI is InChI=1S/C23H24FN3O3S/c24-17-6-1-2-8-20(17)30-12-5-9-22(29)27-11-4-3-7-19(27)23-25-18(14-21(28)26-23)16-10-13-31-15-16/h1-2,6,8,10,13-15,19H,3-5,7,9,11-12H2,(H,25,26,28)/t19-/m1/s1. The van der Waals surface area contributed by atoms with Gasteiger partial charge in [-0.3, -0.25) is 9.59 Å². The number of piperidine rings is 1. The highest BCUT2D eigenvalue weighted by Gasteiger charge is 2.29. The molecule has 0 spiro atoms. The summed E-state index contributed by atoms with van der Waals surface area (Å²) in [6, 6.07) is 9.39. The fraction of sp³-hybridized carbons (Fsp3) is 0.348. The van der Waals surface area contributed by atoms with Crippen LogP contribution in [0, 0.1) is 5.82 Å². The summed E-state index contributed by atoms with van der Waals surface area (Å²) in [5.41, 5.74) is 1.30. The number of nitrogens with one attached hydrogen (secondary N) is 1. The normalized spacial score (nSPS) is 16.3. The summed E-state index contributed by atoms with van der Waals surface area (Å²) in [6.45, 7) is 0.887. The number of carbonyl (C=O) groups is 1. The molecule has 8 heteroatoms. The lowest BCUT2D eigenvalue weighted by atomic mass is 10.0. The van der Waals surface area contributed by atoms with E-state index in [0.29, 0.717) is 30.9 Å². The zero-order valence-electron chi connectivity index (χ0n) is 17.1. The minimum absolute atomic E-state index is 0.00887. The van der Waals surface area contributed by atoms with Gasteiger partial charge in [-0.25, -0.2) is 9.37 Å². The maximum absolute atomic E-state index is 13.6. The molecule has 4 rings (SSSR count). The summed E-state index contributed by atoms with van der Waals surface area (Å²) in [4.78, 5) is 34.5. The molecule has 1 aromatic carbocycles. The summed E-state index contributed by atoms with van der Waals surface area (Å²) < 4.78 is 19.1. The van der Waals surface area contributed by atoms with E-state index in [0.717, 1.165) is 24.8 Å². The molecule has 1 atom stereocenters. The van der Waals surface area contributed by atoms with Crippen LogP contribution in [0.1, 0.15) is 44.0 Å². The summed E-state index contributed by atoms with van der Waals surface area (Å²) in [5, 5.41) is 3.89. The number of rotatable bonds is 7. The van der Waals surface area contributed by atoms with E-state index in [-0.39, 0.29) is 29.9 Å². The molecule has 1 saturated heterocycles. The molecular formula is C23H24FN3O3S. The van der Waals surface area contributed by atoms with Gasteiger partial charge in [0.05, 0.1) is 18.3 Å². The molecule has 1 N–H and O–H groups in total. The van der Waals surface area contributed by atoms with Crippen molar-refractivity contribution in [1.29, 1.82) is 0 Å². The number of halogens is 1. The number of amides is 1. The molecule has 6 nitrogen and oxygen atoms in total. The average Bonchev–Trinajstić information content (AvgIpc) is 3.32. The van der Waals surface area contributed by atoms with E-state index in [1.165, 1.54) is 12.1 Å². The van der Waals surface area contributed by atoms with Crippen LogP contribution in [-0.2, 0) is 4.79 Å². The van der Waals surface area contributed by atoms with Crippen molar-refractivity contribution in [2.75, 3.05) is 13.2 Å². The molecular weight excluding hydrogens is 417 g/mol. The summed E-state index contributed by atoms with van der Waals surface area (Å²) >= 11 is 1.55. The molecule has 31 heavy (non-hydrogen) atoms. The number of ether oxygens (including phenoxy) is 1. The van der Waals surface area contributed by atoms with Gasteiger partial charge >= 0.3 is 0 Å². The highest BCUT2D eigenvalue weighted by molar-refractivity contribution is 7.08. The van der Waals surface area contributed by atoms with Crippen LogP contribution in [-0.4, -0.2) is 33.9 Å². The number of thiophene rings is 1. The van der Waals surface area contributed by atoms with Crippen LogP contribution in [0.3, 0.4) is 0 Å². The van der Waals surface area contributed by atoms with Crippen LogP contribution in [0.2, 0.25) is 0 Å². The van der Waals surface area contributed by atoms with Crippen LogP contribution in [0.15, 0.2) is 52.0 Å². The van der Waals surface area contributed by atoms with Gasteiger partial charge in [0.25, 0.3) is 5.56 Å². The number of para-hydroxylation sites is 1. The largest absolute Gasteiger partial charge is 0.491 e. The highest BCUT2D eigenvalue weighted by Crippen LogP contribution is 2.30. The molecule has 1 aliphatic heterocycles. The van der Waals surface area contributed by atoms with Gasteiger partial charge in [-0.1, -0.05) is 12.1 Å². The second kappa shape index (κ2) is 9.87. The topological polar surface area (TPSA) is 75.3 Å². The molecule has 1 aliphatic rings. The summed E-state index contributed by atoms with van der Waals surface area (Å²) in [5.74, 6) is 0.304. The van der Waals surface area contributed by atoms with Gasteiger partial charge in [-0.05, 0) is 49.3 Å². The Morgan fingerprint density at radius 2 is 2.16 bits per heavy atom. The Morgan fingerprint density at radius 3 is 2.97 bits per heavy atom. The zero-order valence-corrected chi connectivity index (χ0v) is 17.9. The molecule has 1 fully saturated rings. The Kier molecular flexibility index (Phi) is 6.76. The fourth-order valence-electron chi connectivity index (χ4n) is 3.82. The van der Waals surface area contributed by atoms with Crippen LogP contribution in [0.25, 0.3) is 11.3 Å². The molecule has 0 radical (unpaired) electrons. The number of hydrogen-bond acceptors (Lipinski definition) is 5. The Balaban J connectivity index is 1.42. The second-order valence-electron chi connectivity index (χ2n) is 7.51. The van der Waals surface area contributed by atoms with Crippen molar-refractivity contribution in [2.24, 2.45) is 0 Å². The van der Waals surface area contributed by atoms with Crippen LogP contribution in [0.5, 0.6) is 5.75 Å². The number of nitrogens with zero attached hydrogens (tertiary/aromatic N) is 2. The predicted octanol–water partition coefficient (Wildman–Crippen LogP) is 4.55. The molecule has 0 unspecified atom stereocenters. The third-order valence-corrected chi connectivity index (χ3v) is 6.03. The third kappa shape index (κ3) is 5.19. The molecule has 2 aromatic heterocycles. The van der Waals surface area contributed by atoms with Crippen molar-refractivity contribution in [3.05, 3.63) is 69.2 Å². The van der Waals surface area contributed by atoms with Crippen molar-refractivity contribution in [3.63, 3.8) is 0 Å². The number of likely N-dealkylation sites (tertiary alicyclic amines) is 1. The average molecular weight is 442 g/mol. The van der Waals surface area contributed by atoms with Gasteiger partial charge in [-0.2, -0.15) is 11.3 Å². The van der Waals surface area contributed by atoms with Gasteiger partial charge in [0, 0.05) is 30.0 Å². The molecule has 1 amide bonds. The van der Waals surface area contributed by atoms with Gasteiger partial charge in [0.1, 0.15) is 5.82 Å². The quantitative estimate of drug-likeness (QED) is 0.546. The third-order valence-electron chi connectivity index (χ3n) is 5.34. The van der Waals surface area contributed by atoms with E-state index >= 15 is 0 Å². The van der Waals surface area contributed by atoms with E-state index in [2.05, 4.69) is 9.97 Å². The Morgan fingerprint density at radius 1 is 1.29 bits per heavy atom. The minimum atomic E-state index is -0.412. The van der Waals surface area contributed by atoms with E-state index in [4.69, 9.17) is 4.74 Å². The number of aromatic nitrogens is 2. The lowest BCUT2D eigenvalue weighted by Gasteiger charge is -2.35. The fourth-order valence-corrected chi connectivity index (χ4v) is 4.47. The van der Waals surface area contributed by atoms with Crippen LogP contribution in [0.4, 0.5) is 4.39 Å². The molecule has 0 aliphatic carbocycles. The van der Waals surface area contributed by atoms with Crippen molar-refractivity contribution in [1.82, 2.24) is 14.9 Å². The number of carbonyl (C=O) groups excluding carboxylic acids is 1. The van der Waals surface area contributed by atoms with Crippen molar-refractivity contribution in [3.8, 4) is 17.0 Å². The number of aromatic amines is 1. The zero-order chi connectivity index (χ0) is 21.6. The first-order valence-electron chi connectivity index (χ1n) is 10.4. The predicted molar refractivity (Wildman–Crippen MR) is 118 cm³/mol. The molecule has 3 heterocycles. The summed E-state index contributed by atoms with van der Waals surface area (Å²) in [7, 11) is 0. The lowest BCUT2D eigenvalue weighted by Crippen LogP contribution is -2.40. The Labute approximate surface area is 183 Å². The second-order valence-corrected chi connectivity index (χ2v) is 8.29. The van der Waals surface area contributed by atoms with Gasteiger partial charge in [-0.15, -0.1) is 0 Å². The lowest BCUT2D eigenvalue weighted by molar-refractivity contribution is -0.135. The Bertz CT molecular complexity index is 1080. The molecule has 0 bridgehead atoms. The Hall–Kier alpha value is -3.00. The van der Waals surface area contributed by atoms with E-state index in [9.17, 15) is 14.0 Å². The SMILES string of the molecule is O=C(CCCOc1ccccc1F)N1CCCC[C@@H]1c1nc(-c2ccsc2)cc(=O)[nH]1. The van der Waals surface area contributed by atoms with E-state index in [1.54, 1.807) is 29.5 Å². The van der Waals surface area contributed by atoms with Crippen LogP contribution >= 0.6 is 11.3 Å². The van der Waals surface area contributed by atoms with Gasteiger partial charge < -0.3 is 14.6 Å². The minimum Gasteiger partial charge on any atom is -0.491 e. The number of benzene rings is 1. The maximum Gasteiger partial charge on any atom is 0.251 e. The maximum atomic E-state index is 13.6. The van der Waals surface area contributed by atoms with Crippen molar-refractivity contribution >= 4 is 17.2 Å². The molecule has 0 saturated carbocycles. The van der Waals surface area contributed by atoms with Gasteiger partial charge in [0.2, 0.25) is 5.91 Å².